The molecule has 1 aliphatic rings. The molecule has 1 aromatic heterocycles. The highest BCUT2D eigenvalue weighted by molar-refractivity contribution is 5.93. The molecule has 1 saturated carbocycles. The van der Waals surface area contributed by atoms with Crippen LogP contribution in [0.2, 0.25) is 0 Å². The number of carbonyl (C=O) groups excluding carboxylic acids is 2. The maximum Gasteiger partial charge on any atom is 0.339 e. The highest BCUT2D eigenvalue weighted by Gasteiger charge is 2.31. The average molecular weight is 391 g/mol. The molecule has 7 nitrogen and oxygen atoms in total. The Labute approximate surface area is 167 Å². The SMILES string of the molecule is Cc1c[nH]c(=O)n1-c1ccc(C(=O)OC(C(=O)NC2CC2)c2ccccc2)cc1. The zero-order valence-corrected chi connectivity index (χ0v) is 15.9. The normalized spacial score (nSPS) is 14.2. The number of aromatic nitrogens is 2. The quantitative estimate of drug-likeness (QED) is 0.632. The minimum Gasteiger partial charge on any atom is -0.444 e. The molecular weight excluding hydrogens is 370 g/mol. The van der Waals surface area contributed by atoms with Gasteiger partial charge in [0, 0.05) is 23.5 Å². The number of hydrogen-bond donors (Lipinski definition) is 2. The van der Waals surface area contributed by atoms with Crippen LogP contribution >= 0.6 is 0 Å². The van der Waals surface area contributed by atoms with Crippen molar-refractivity contribution < 1.29 is 14.3 Å². The van der Waals surface area contributed by atoms with Gasteiger partial charge in [0.2, 0.25) is 6.10 Å². The second-order valence-electron chi connectivity index (χ2n) is 7.10. The topological polar surface area (TPSA) is 93.2 Å². The number of nitrogens with one attached hydrogen (secondary N) is 2. The van der Waals surface area contributed by atoms with Gasteiger partial charge in [-0.1, -0.05) is 30.3 Å². The second kappa shape index (κ2) is 7.79. The van der Waals surface area contributed by atoms with Gasteiger partial charge in [0.1, 0.15) is 0 Å². The Balaban J connectivity index is 1.54. The van der Waals surface area contributed by atoms with E-state index in [0.717, 1.165) is 18.5 Å². The largest absolute Gasteiger partial charge is 0.444 e. The van der Waals surface area contributed by atoms with Crippen LogP contribution in [0, 0.1) is 6.92 Å². The third kappa shape index (κ3) is 4.13. The van der Waals surface area contributed by atoms with E-state index in [1.165, 1.54) is 4.57 Å². The summed E-state index contributed by atoms with van der Waals surface area (Å²) < 4.78 is 7.07. The number of ether oxygens (including phenoxy) is 1. The van der Waals surface area contributed by atoms with Crippen LogP contribution in [0.15, 0.2) is 65.6 Å². The van der Waals surface area contributed by atoms with E-state index in [9.17, 15) is 14.4 Å². The molecule has 1 heterocycles. The predicted octanol–water partition coefficient (Wildman–Crippen LogP) is 2.65. The molecule has 2 N–H and O–H groups in total. The standard InChI is InChI=1S/C22H21N3O4/c1-14-13-23-22(28)25(14)18-11-7-16(8-12-18)21(27)29-19(15-5-3-2-4-6-15)20(26)24-17-9-10-17/h2-8,11-13,17,19H,9-10H2,1H3,(H,23,28)(H,24,26). The number of esters is 1. The Morgan fingerprint density at radius 1 is 1.10 bits per heavy atom. The van der Waals surface area contributed by atoms with Crippen molar-refractivity contribution in [1.82, 2.24) is 14.9 Å². The molecule has 3 aromatic rings. The van der Waals surface area contributed by atoms with Gasteiger partial charge in [-0.25, -0.2) is 9.59 Å². The van der Waals surface area contributed by atoms with Gasteiger partial charge in [-0.2, -0.15) is 0 Å². The van der Waals surface area contributed by atoms with Crippen molar-refractivity contribution in [3.05, 3.63) is 88.1 Å². The lowest BCUT2D eigenvalue weighted by molar-refractivity contribution is -0.130. The average Bonchev–Trinajstić information content (AvgIpc) is 3.49. The van der Waals surface area contributed by atoms with E-state index in [2.05, 4.69) is 10.3 Å². The minimum absolute atomic E-state index is 0.162. The van der Waals surface area contributed by atoms with Gasteiger partial charge in [0.25, 0.3) is 5.91 Å². The smallest absolute Gasteiger partial charge is 0.339 e. The van der Waals surface area contributed by atoms with E-state index >= 15 is 0 Å². The van der Waals surface area contributed by atoms with Gasteiger partial charge in [-0.05, 0) is 44.0 Å². The van der Waals surface area contributed by atoms with Crippen molar-refractivity contribution in [3.8, 4) is 5.69 Å². The maximum absolute atomic E-state index is 12.7. The van der Waals surface area contributed by atoms with Crippen LogP contribution in [-0.2, 0) is 9.53 Å². The van der Waals surface area contributed by atoms with Gasteiger partial charge in [-0.15, -0.1) is 0 Å². The minimum atomic E-state index is -1.02. The molecule has 7 heteroatoms. The highest BCUT2D eigenvalue weighted by atomic mass is 16.5. The first kappa shape index (κ1) is 18.7. The first-order valence-electron chi connectivity index (χ1n) is 9.46. The number of carbonyl (C=O) groups is 2. The highest BCUT2D eigenvalue weighted by Crippen LogP contribution is 2.24. The number of nitrogens with zero attached hydrogens (tertiary/aromatic N) is 1. The number of benzene rings is 2. The third-order valence-corrected chi connectivity index (χ3v) is 4.81. The van der Waals surface area contributed by atoms with E-state index in [0.29, 0.717) is 16.8 Å². The molecule has 1 amide bonds. The fourth-order valence-electron chi connectivity index (χ4n) is 3.10. The van der Waals surface area contributed by atoms with Crippen molar-refractivity contribution >= 4 is 11.9 Å². The molecule has 0 saturated heterocycles. The summed E-state index contributed by atoms with van der Waals surface area (Å²) in [6.07, 6.45) is 2.49. The number of imidazole rings is 1. The van der Waals surface area contributed by atoms with Crippen LogP contribution in [0.1, 0.15) is 40.6 Å². The lowest BCUT2D eigenvalue weighted by Crippen LogP contribution is -2.33. The second-order valence-corrected chi connectivity index (χ2v) is 7.10. The summed E-state index contributed by atoms with van der Waals surface area (Å²) in [5, 5.41) is 2.89. The first-order valence-corrected chi connectivity index (χ1v) is 9.46. The van der Waals surface area contributed by atoms with Crippen molar-refractivity contribution in [3.63, 3.8) is 0 Å². The van der Waals surface area contributed by atoms with Crippen molar-refractivity contribution in [2.24, 2.45) is 0 Å². The summed E-state index contributed by atoms with van der Waals surface area (Å²) in [7, 11) is 0. The molecule has 1 unspecified atom stereocenters. The van der Waals surface area contributed by atoms with E-state index in [4.69, 9.17) is 4.74 Å². The molecule has 2 aromatic carbocycles. The van der Waals surface area contributed by atoms with Crippen molar-refractivity contribution in [1.29, 1.82) is 0 Å². The van der Waals surface area contributed by atoms with Crippen LogP contribution in [0.4, 0.5) is 0 Å². The van der Waals surface area contributed by atoms with E-state index in [1.807, 2.05) is 13.0 Å². The van der Waals surface area contributed by atoms with E-state index in [-0.39, 0.29) is 17.6 Å². The lowest BCUT2D eigenvalue weighted by atomic mass is 10.1. The number of aryl methyl sites for hydroxylation is 1. The molecule has 0 radical (unpaired) electrons. The van der Waals surface area contributed by atoms with Crippen LogP contribution in [0.3, 0.4) is 0 Å². The maximum atomic E-state index is 12.7. The fourth-order valence-corrected chi connectivity index (χ4v) is 3.10. The predicted molar refractivity (Wildman–Crippen MR) is 107 cm³/mol. The Bertz CT molecular complexity index is 1080. The molecule has 1 aliphatic carbocycles. The van der Waals surface area contributed by atoms with Gasteiger partial charge in [0.05, 0.1) is 11.3 Å². The molecule has 1 fully saturated rings. The molecule has 0 spiro atoms. The Hall–Kier alpha value is -3.61. The molecule has 0 bridgehead atoms. The Kier molecular flexibility index (Phi) is 5.03. The molecule has 29 heavy (non-hydrogen) atoms. The summed E-state index contributed by atoms with van der Waals surface area (Å²) in [6.45, 7) is 1.81. The van der Waals surface area contributed by atoms with Gasteiger partial charge >= 0.3 is 11.7 Å². The fraction of sp³-hybridized carbons (Fsp3) is 0.227. The molecule has 0 aliphatic heterocycles. The molecular formula is C22H21N3O4. The summed E-state index contributed by atoms with van der Waals surface area (Å²) in [4.78, 5) is 39.8. The number of aromatic amines is 1. The molecule has 1 atom stereocenters. The van der Waals surface area contributed by atoms with Crippen LogP contribution < -0.4 is 11.0 Å². The van der Waals surface area contributed by atoms with Gasteiger partial charge in [0.15, 0.2) is 0 Å². The van der Waals surface area contributed by atoms with Crippen LogP contribution in [0.25, 0.3) is 5.69 Å². The number of amides is 1. The molecule has 148 valence electrons. The zero-order valence-electron chi connectivity index (χ0n) is 15.9. The number of H-pyrrole nitrogens is 1. The van der Waals surface area contributed by atoms with Gasteiger partial charge < -0.3 is 15.0 Å². The summed E-state index contributed by atoms with van der Waals surface area (Å²) in [5.41, 5.74) is 2.06. The van der Waals surface area contributed by atoms with Crippen molar-refractivity contribution in [2.45, 2.75) is 31.9 Å². The number of rotatable bonds is 6. The first-order chi connectivity index (χ1) is 14.0. The van der Waals surface area contributed by atoms with Crippen LogP contribution in [0.5, 0.6) is 0 Å². The summed E-state index contributed by atoms with van der Waals surface area (Å²) in [6, 6.07) is 15.6. The lowest BCUT2D eigenvalue weighted by Gasteiger charge is -2.18. The third-order valence-electron chi connectivity index (χ3n) is 4.81. The number of hydrogen-bond acceptors (Lipinski definition) is 4. The van der Waals surface area contributed by atoms with Crippen LogP contribution in [-0.4, -0.2) is 27.5 Å². The summed E-state index contributed by atoms with van der Waals surface area (Å²) >= 11 is 0. The van der Waals surface area contributed by atoms with Crippen molar-refractivity contribution in [2.75, 3.05) is 0 Å². The van der Waals surface area contributed by atoms with Gasteiger partial charge in [-0.3, -0.25) is 9.36 Å². The van der Waals surface area contributed by atoms with E-state index in [1.54, 1.807) is 54.7 Å². The Morgan fingerprint density at radius 3 is 2.38 bits per heavy atom. The zero-order chi connectivity index (χ0) is 20.4. The summed E-state index contributed by atoms with van der Waals surface area (Å²) in [5.74, 6) is -0.923. The molecule has 4 rings (SSSR count). The Morgan fingerprint density at radius 2 is 1.79 bits per heavy atom. The monoisotopic (exact) mass is 391 g/mol. The van der Waals surface area contributed by atoms with E-state index < -0.39 is 12.1 Å².